The summed E-state index contributed by atoms with van der Waals surface area (Å²) in [6.45, 7) is 2.58. The van der Waals surface area contributed by atoms with Gasteiger partial charge in [-0.1, -0.05) is 0 Å². The van der Waals surface area contributed by atoms with Crippen LogP contribution in [0.3, 0.4) is 0 Å². The van der Waals surface area contributed by atoms with Gasteiger partial charge in [-0.25, -0.2) is 0 Å². The van der Waals surface area contributed by atoms with Crippen LogP contribution in [-0.2, 0) is 6.18 Å². The van der Waals surface area contributed by atoms with E-state index in [0.29, 0.717) is 12.2 Å². The van der Waals surface area contributed by atoms with Crippen LogP contribution < -0.4 is 3.93 Å². The molecule has 0 unspecified atom stereocenters. The van der Waals surface area contributed by atoms with E-state index in [0.717, 1.165) is 12.1 Å². The number of anilines is 1. The van der Waals surface area contributed by atoms with E-state index in [1.165, 1.54) is 12.1 Å². The summed E-state index contributed by atoms with van der Waals surface area (Å²) < 4.78 is 38.2. The lowest BCUT2D eigenvalue weighted by atomic mass is 10.2. The summed E-state index contributed by atoms with van der Waals surface area (Å²) in [5, 5.41) is 0. The highest BCUT2D eigenvalue weighted by atomic mass is 79.9. The Morgan fingerprint density at radius 3 is 2.07 bits per heavy atom. The molecule has 0 spiro atoms. The molecule has 78 valence electrons. The molecule has 1 rings (SSSR count). The molecular weight excluding hydrogens is 259 g/mol. The third-order valence-electron chi connectivity index (χ3n) is 1.75. The van der Waals surface area contributed by atoms with Crippen molar-refractivity contribution in [3.05, 3.63) is 29.8 Å². The van der Waals surface area contributed by atoms with Gasteiger partial charge in [-0.15, -0.1) is 0 Å². The van der Waals surface area contributed by atoms with Crippen molar-refractivity contribution in [1.82, 2.24) is 0 Å². The van der Waals surface area contributed by atoms with Crippen LogP contribution in [0.25, 0.3) is 0 Å². The van der Waals surface area contributed by atoms with E-state index < -0.39 is 11.7 Å². The monoisotopic (exact) mass is 267 g/mol. The molecule has 0 aliphatic rings. The van der Waals surface area contributed by atoms with Gasteiger partial charge < -0.3 is 3.93 Å². The van der Waals surface area contributed by atoms with Crippen molar-refractivity contribution in [3.63, 3.8) is 0 Å². The zero-order chi connectivity index (χ0) is 10.8. The molecule has 0 saturated carbocycles. The maximum atomic E-state index is 12.2. The van der Waals surface area contributed by atoms with Crippen LogP contribution in [0.2, 0.25) is 0 Å². The fourth-order valence-corrected chi connectivity index (χ4v) is 1.23. The maximum absolute atomic E-state index is 12.2. The van der Waals surface area contributed by atoms with Gasteiger partial charge >= 0.3 is 6.18 Å². The molecule has 1 nitrogen and oxygen atoms in total. The van der Waals surface area contributed by atoms with Gasteiger partial charge in [0.05, 0.1) is 5.56 Å². The van der Waals surface area contributed by atoms with Gasteiger partial charge in [-0.3, -0.25) is 0 Å². The molecule has 0 aromatic heterocycles. The largest absolute Gasteiger partial charge is 0.416 e. The van der Waals surface area contributed by atoms with Crippen LogP contribution in [0.5, 0.6) is 0 Å². The molecule has 0 heterocycles. The third kappa shape index (κ3) is 2.64. The van der Waals surface area contributed by atoms with Crippen molar-refractivity contribution in [3.8, 4) is 0 Å². The molecule has 1 aromatic carbocycles. The van der Waals surface area contributed by atoms with Gasteiger partial charge in [0.2, 0.25) is 0 Å². The van der Waals surface area contributed by atoms with E-state index in [1.807, 2.05) is 6.92 Å². The molecule has 0 fully saturated rings. The summed E-state index contributed by atoms with van der Waals surface area (Å²) in [5.41, 5.74) is 0.0822. The zero-order valence-electron chi connectivity index (χ0n) is 7.48. The Bertz CT molecular complexity index is 294. The highest BCUT2D eigenvalue weighted by Gasteiger charge is 2.29. The Hall–Kier alpha value is -0.710. The third-order valence-corrected chi connectivity index (χ3v) is 2.66. The first kappa shape index (κ1) is 11.4. The minimum absolute atomic E-state index is 0.627. The number of hydrogen-bond donors (Lipinski definition) is 0. The smallest absolute Gasteiger partial charge is 0.309 e. The maximum Gasteiger partial charge on any atom is 0.416 e. The Labute approximate surface area is 88.9 Å². The topological polar surface area (TPSA) is 3.24 Å². The van der Waals surface area contributed by atoms with Gasteiger partial charge in [-0.2, -0.15) is 13.2 Å². The molecule has 0 atom stereocenters. The van der Waals surface area contributed by atoms with Gasteiger partial charge in [0.1, 0.15) is 0 Å². The van der Waals surface area contributed by atoms with E-state index in [-0.39, 0.29) is 0 Å². The van der Waals surface area contributed by atoms with Gasteiger partial charge in [0.15, 0.2) is 0 Å². The second kappa shape index (κ2) is 4.21. The molecule has 0 saturated heterocycles. The van der Waals surface area contributed by atoms with Crippen LogP contribution in [-0.4, -0.2) is 6.54 Å². The summed E-state index contributed by atoms with van der Waals surface area (Å²) in [6.07, 6.45) is -4.26. The highest BCUT2D eigenvalue weighted by molar-refractivity contribution is 9.10. The van der Waals surface area contributed by atoms with Crippen LogP contribution in [0, 0.1) is 0 Å². The molecule has 0 aliphatic carbocycles. The van der Waals surface area contributed by atoms with E-state index >= 15 is 0 Å². The van der Waals surface area contributed by atoms with Crippen LogP contribution in [0.15, 0.2) is 24.3 Å². The Morgan fingerprint density at radius 2 is 1.71 bits per heavy atom. The molecular formula is C9H9BrF3N. The van der Waals surface area contributed by atoms with E-state index in [4.69, 9.17) is 0 Å². The molecule has 5 heteroatoms. The van der Waals surface area contributed by atoms with Gasteiger partial charge in [-0.05, 0) is 31.2 Å². The number of alkyl halides is 3. The Kier molecular flexibility index (Phi) is 3.42. The minimum Gasteiger partial charge on any atom is -0.309 e. The molecule has 0 N–H and O–H groups in total. The highest BCUT2D eigenvalue weighted by Crippen LogP contribution is 2.30. The molecule has 1 aromatic rings. The average molecular weight is 268 g/mol. The molecule has 0 bridgehead atoms. The second-order valence-corrected chi connectivity index (χ2v) is 3.58. The van der Waals surface area contributed by atoms with Crippen molar-refractivity contribution in [1.29, 1.82) is 0 Å². The minimum atomic E-state index is -4.26. The number of nitrogens with zero attached hydrogens (tertiary/aromatic N) is 1. The summed E-state index contributed by atoms with van der Waals surface area (Å²) in [7, 11) is 0. The van der Waals surface area contributed by atoms with Crippen LogP contribution in [0.4, 0.5) is 18.9 Å². The summed E-state index contributed by atoms with van der Waals surface area (Å²) >= 11 is 3.21. The fourth-order valence-electron chi connectivity index (χ4n) is 0.995. The van der Waals surface area contributed by atoms with Crippen molar-refractivity contribution in [2.75, 3.05) is 10.5 Å². The average Bonchev–Trinajstić information content (AvgIpc) is 2.15. The molecule has 0 aliphatic heterocycles. The van der Waals surface area contributed by atoms with Crippen molar-refractivity contribution < 1.29 is 13.2 Å². The van der Waals surface area contributed by atoms with Gasteiger partial charge in [0.25, 0.3) is 0 Å². The van der Waals surface area contributed by atoms with Gasteiger partial charge in [0, 0.05) is 28.4 Å². The van der Waals surface area contributed by atoms with Crippen molar-refractivity contribution in [2.24, 2.45) is 0 Å². The Morgan fingerprint density at radius 1 is 1.21 bits per heavy atom. The zero-order valence-corrected chi connectivity index (χ0v) is 9.06. The SMILES string of the molecule is CCN(Br)c1ccc(C(F)(F)F)cc1. The number of rotatable bonds is 2. The molecule has 0 amide bonds. The predicted molar refractivity (Wildman–Crippen MR) is 53.4 cm³/mol. The lowest BCUT2D eigenvalue weighted by Crippen LogP contribution is -2.09. The van der Waals surface area contributed by atoms with E-state index in [1.54, 1.807) is 3.93 Å². The summed E-state index contributed by atoms with van der Waals surface area (Å²) in [4.78, 5) is 0. The number of benzene rings is 1. The van der Waals surface area contributed by atoms with Crippen LogP contribution >= 0.6 is 16.1 Å². The predicted octanol–water partition coefficient (Wildman–Crippen LogP) is 3.84. The fraction of sp³-hybridized carbons (Fsp3) is 0.333. The molecule has 0 radical (unpaired) electrons. The second-order valence-electron chi connectivity index (χ2n) is 2.72. The normalized spacial score (nSPS) is 11.5. The molecule has 14 heavy (non-hydrogen) atoms. The van der Waals surface area contributed by atoms with Crippen molar-refractivity contribution >= 4 is 21.8 Å². The standard InChI is InChI=1S/C9H9BrF3N/c1-2-14(10)8-5-3-7(4-6-8)9(11,12)13/h3-6H,2H2,1H3. The summed E-state index contributed by atoms with van der Waals surface area (Å²) in [5.74, 6) is 0. The van der Waals surface area contributed by atoms with E-state index in [9.17, 15) is 13.2 Å². The van der Waals surface area contributed by atoms with E-state index in [2.05, 4.69) is 16.1 Å². The Balaban J connectivity index is 2.89. The summed E-state index contributed by atoms with van der Waals surface area (Å²) in [6, 6.07) is 5.00. The number of halogens is 4. The van der Waals surface area contributed by atoms with Crippen molar-refractivity contribution in [2.45, 2.75) is 13.1 Å². The lowest BCUT2D eigenvalue weighted by Gasteiger charge is -2.14. The quantitative estimate of drug-likeness (QED) is 0.736. The number of hydrogen-bond acceptors (Lipinski definition) is 1. The lowest BCUT2D eigenvalue weighted by molar-refractivity contribution is -0.137. The first-order valence-electron chi connectivity index (χ1n) is 4.05. The van der Waals surface area contributed by atoms with Crippen LogP contribution in [0.1, 0.15) is 12.5 Å². The first-order valence-corrected chi connectivity index (χ1v) is 4.76. The first-order chi connectivity index (χ1) is 6.45.